The summed E-state index contributed by atoms with van der Waals surface area (Å²) >= 11 is 0. The van der Waals surface area contributed by atoms with Gasteiger partial charge in [0.2, 0.25) is 5.95 Å². The Balaban J connectivity index is 1.72. The third kappa shape index (κ3) is 3.02. The summed E-state index contributed by atoms with van der Waals surface area (Å²) in [4.78, 5) is 35.2. The predicted molar refractivity (Wildman–Crippen MR) is 98.4 cm³/mol. The van der Waals surface area contributed by atoms with Crippen LogP contribution in [0.3, 0.4) is 0 Å². The second-order valence-electron chi connectivity index (χ2n) is 6.62. The molecule has 0 amide bonds. The number of aliphatic hydroxyl groups excluding tert-OH is 1. The summed E-state index contributed by atoms with van der Waals surface area (Å²) in [6.07, 6.45) is -0.731. The summed E-state index contributed by atoms with van der Waals surface area (Å²) in [6, 6.07) is 8.57. The molecule has 1 aliphatic rings. The van der Waals surface area contributed by atoms with Crippen LogP contribution in [0.4, 0.5) is 5.95 Å². The molecular formula is C18H19N5O5. The van der Waals surface area contributed by atoms with Gasteiger partial charge in [-0.15, -0.1) is 0 Å². The number of carbonyl (C=O) groups excluding carboxylic acids is 1. The number of aromatic amines is 1. The van der Waals surface area contributed by atoms with E-state index >= 15 is 0 Å². The number of imidazole rings is 1. The highest BCUT2D eigenvalue weighted by Gasteiger charge is 2.46. The Kier molecular flexibility index (Phi) is 4.57. The van der Waals surface area contributed by atoms with Crippen molar-refractivity contribution in [2.75, 3.05) is 12.3 Å². The molecule has 10 nitrogen and oxygen atoms in total. The molecule has 0 spiro atoms. The van der Waals surface area contributed by atoms with Gasteiger partial charge in [-0.05, 0) is 12.1 Å². The number of nitrogen functional groups attached to an aromatic ring is 1. The van der Waals surface area contributed by atoms with Crippen molar-refractivity contribution in [2.24, 2.45) is 5.92 Å². The standard InChI is InChI=1S/C18H19N5O5/c1-9-11(7-24)27-16(13(9)28-17(26)10-5-3-2-4-6-10)23-8-20-12-14(23)21-18(19)22-15(12)25/h2-6,8-9,11,13,16,24H,7H2,1H3,(H3,19,21,22,25)/t9-,11-,13+,16-/m1/s1. The largest absolute Gasteiger partial charge is 0.454 e. The van der Waals surface area contributed by atoms with Gasteiger partial charge in [-0.1, -0.05) is 25.1 Å². The van der Waals surface area contributed by atoms with Crippen molar-refractivity contribution >= 4 is 23.1 Å². The zero-order chi connectivity index (χ0) is 19.8. The van der Waals surface area contributed by atoms with Crippen LogP contribution >= 0.6 is 0 Å². The lowest BCUT2D eigenvalue weighted by Gasteiger charge is -2.22. The maximum atomic E-state index is 12.6. The quantitative estimate of drug-likeness (QED) is 0.549. The summed E-state index contributed by atoms with van der Waals surface area (Å²) < 4.78 is 13.1. The van der Waals surface area contributed by atoms with Gasteiger partial charge in [0.25, 0.3) is 5.56 Å². The molecule has 28 heavy (non-hydrogen) atoms. The smallest absolute Gasteiger partial charge is 0.338 e. The summed E-state index contributed by atoms with van der Waals surface area (Å²) in [5, 5.41) is 9.64. The van der Waals surface area contributed by atoms with Crippen LogP contribution in [-0.4, -0.2) is 49.4 Å². The van der Waals surface area contributed by atoms with Gasteiger partial charge in [0.15, 0.2) is 23.5 Å². The van der Waals surface area contributed by atoms with Crippen LogP contribution in [0.15, 0.2) is 41.5 Å². The molecular weight excluding hydrogens is 366 g/mol. The SMILES string of the molecule is C[C@H]1[C@H](OC(=O)c2ccccc2)[C@H](n2cnc3c(=O)[nH]c(N)nc32)O[C@@H]1CO. The molecule has 10 heteroatoms. The van der Waals surface area contributed by atoms with Gasteiger partial charge in [0, 0.05) is 5.92 Å². The maximum Gasteiger partial charge on any atom is 0.338 e. The minimum absolute atomic E-state index is 0.0677. The molecule has 1 aliphatic heterocycles. The van der Waals surface area contributed by atoms with E-state index < -0.39 is 30.0 Å². The number of hydrogen-bond acceptors (Lipinski definition) is 8. The van der Waals surface area contributed by atoms with Crippen LogP contribution in [0.1, 0.15) is 23.5 Å². The Morgan fingerprint density at radius 2 is 2.14 bits per heavy atom. The van der Waals surface area contributed by atoms with Gasteiger partial charge in [0.05, 0.1) is 24.6 Å². The van der Waals surface area contributed by atoms with Gasteiger partial charge in [0.1, 0.15) is 0 Å². The van der Waals surface area contributed by atoms with Crippen LogP contribution in [0.5, 0.6) is 0 Å². The molecule has 1 aromatic carbocycles. The highest BCUT2D eigenvalue weighted by molar-refractivity contribution is 5.89. The summed E-state index contributed by atoms with van der Waals surface area (Å²) in [5.74, 6) is -0.888. The van der Waals surface area contributed by atoms with Crippen molar-refractivity contribution in [1.82, 2.24) is 19.5 Å². The van der Waals surface area contributed by atoms with Gasteiger partial charge >= 0.3 is 5.97 Å². The third-order valence-corrected chi connectivity index (χ3v) is 4.86. The van der Waals surface area contributed by atoms with Crippen LogP contribution in [-0.2, 0) is 9.47 Å². The van der Waals surface area contributed by atoms with E-state index in [4.69, 9.17) is 15.2 Å². The Labute approximate surface area is 158 Å². The number of nitrogens with zero attached hydrogens (tertiary/aromatic N) is 3. The fourth-order valence-electron chi connectivity index (χ4n) is 3.35. The number of nitrogens with two attached hydrogens (primary N) is 1. The van der Waals surface area contributed by atoms with Crippen LogP contribution < -0.4 is 11.3 Å². The Morgan fingerprint density at radius 1 is 1.39 bits per heavy atom. The lowest BCUT2D eigenvalue weighted by Crippen LogP contribution is -2.31. The zero-order valence-electron chi connectivity index (χ0n) is 15.0. The average Bonchev–Trinajstić information content (AvgIpc) is 3.24. The third-order valence-electron chi connectivity index (χ3n) is 4.86. The number of carbonyl (C=O) groups is 1. The van der Waals surface area contributed by atoms with Crippen molar-refractivity contribution in [3.05, 3.63) is 52.6 Å². The average molecular weight is 385 g/mol. The molecule has 3 heterocycles. The number of aromatic nitrogens is 4. The molecule has 4 N–H and O–H groups in total. The van der Waals surface area contributed by atoms with Crippen LogP contribution in [0.2, 0.25) is 0 Å². The molecule has 0 bridgehead atoms. The number of benzene rings is 1. The molecule has 1 saturated heterocycles. The van der Waals surface area contributed by atoms with E-state index in [2.05, 4.69) is 15.0 Å². The van der Waals surface area contributed by atoms with E-state index in [1.165, 1.54) is 10.9 Å². The lowest BCUT2D eigenvalue weighted by atomic mass is 10.0. The molecule has 0 saturated carbocycles. The summed E-state index contributed by atoms with van der Waals surface area (Å²) in [6.45, 7) is 1.57. The van der Waals surface area contributed by atoms with E-state index in [9.17, 15) is 14.7 Å². The molecule has 1 fully saturated rings. The number of fused-ring (bicyclic) bond motifs is 1. The number of nitrogens with one attached hydrogen (secondary N) is 1. The monoisotopic (exact) mass is 385 g/mol. The highest BCUT2D eigenvalue weighted by atomic mass is 16.6. The van der Waals surface area contributed by atoms with Gasteiger partial charge in [-0.2, -0.15) is 4.98 Å². The first-order valence-corrected chi connectivity index (χ1v) is 8.74. The Bertz CT molecular complexity index is 1060. The number of anilines is 1. The summed E-state index contributed by atoms with van der Waals surface area (Å²) in [5.41, 5.74) is 5.86. The normalized spacial score (nSPS) is 24.5. The molecule has 146 valence electrons. The minimum Gasteiger partial charge on any atom is -0.454 e. The van der Waals surface area contributed by atoms with Crippen LogP contribution in [0, 0.1) is 5.92 Å². The molecule has 0 radical (unpaired) electrons. The maximum absolute atomic E-state index is 12.6. The number of aliphatic hydroxyl groups is 1. The molecule has 0 unspecified atom stereocenters. The van der Waals surface area contributed by atoms with Crippen molar-refractivity contribution in [1.29, 1.82) is 0 Å². The van der Waals surface area contributed by atoms with Crippen LogP contribution in [0.25, 0.3) is 11.2 Å². The molecule has 4 rings (SSSR count). The number of H-pyrrole nitrogens is 1. The summed E-state index contributed by atoms with van der Waals surface area (Å²) in [7, 11) is 0. The fraction of sp³-hybridized carbons (Fsp3) is 0.333. The first-order chi connectivity index (χ1) is 13.5. The second kappa shape index (κ2) is 7.06. The highest BCUT2D eigenvalue weighted by Crippen LogP contribution is 2.37. The molecule has 2 aromatic heterocycles. The van der Waals surface area contributed by atoms with E-state index in [0.717, 1.165) is 0 Å². The number of esters is 1. The fourth-order valence-corrected chi connectivity index (χ4v) is 3.35. The van der Waals surface area contributed by atoms with E-state index in [1.54, 1.807) is 30.3 Å². The second-order valence-corrected chi connectivity index (χ2v) is 6.62. The minimum atomic E-state index is -0.821. The number of rotatable bonds is 4. The number of hydrogen-bond donors (Lipinski definition) is 3. The van der Waals surface area contributed by atoms with Crippen molar-refractivity contribution in [3.63, 3.8) is 0 Å². The van der Waals surface area contributed by atoms with Crippen molar-refractivity contribution in [3.8, 4) is 0 Å². The molecule has 0 aliphatic carbocycles. The van der Waals surface area contributed by atoms with Crippen molar-refractivity contribution in [2.45, 2.75) is 25.4 Å². The van der Waals surface area contributed by atoms with E-state index in [-0.39, 0.29) is 29.6 Å². The lowest BCUT2D eigenvalue weighted by molar-refractivity contribution is -0.0563. The molecule has 4 atom stereocenters. The first-order valence-electron chi connectivity index (χ1n) is 8.74. The Morgan fingerprint density at radius 3 is 2.86 bits per heavy atom. The number of ether oxygens (including phenoxy) is 2. The van der Waals surface area contributed by atoms with Gasteiger partial charge in [-0.25, -0.2) is 9.78 Å². The predicted octanol–water partition coefficient (Wildman–Crippen LogP) is 0.453. The van der Waals surface area contributed by atoms with Gasteiger partial charge in [-0.3, -0.25) is 14.3 Å². The van der Waals surface area contributed by atoms with E-state index in [1.807, 2.05) is 6.92 Å². The molecule has 3 aromatic rings. The van der Waals surface area contributed by atoms with E-state index in [0.29, 0.717) is 5.56 Å². The first kappa shape index (κ1) is 18.1. The zero-order valence-corrected chi connectivity index (χ0v) is 15.0. The Hall–Kier alpha value is -3.24. The van der Waals surface area contributed by atoms with Gasteiger partial charge < -0.3 is 20.3 Å². The van der Waals surface area contributed by atoms with Crippen molar-refractivity contribution < 1.29 is 19.4 Å². The topological polar surface area (TPSA) is 145 Å².